The minimum atomic E-state index is 0. The number of rotatable bonds is 7. The standard InChI is InChI=1S/C25H31N7OS.ClH/c1-17-14-22(31(4)29-17)21-7-6-19-8-11-32(12-9-20(19)15-21)10-5-13-34-25-28-27-24(30(25)3)23-18(2)26-16-33-23;/h6-7,14-16H,5,8-13H2,1-4H3;1H. The lowest BCUT2D eigenvalue weighted by molar-refractivity contribution is 0.289. The molecule has 0 atom stereocenters. The van der Waals surface area contributed by atoms with E-state index in [2.05, 4.69) is 49.4 Å². The molecule has 0 amide bonds. The molecule has 0 saturated carbocycles. The van der Waals surface area contributed by atoms with Gasteiger partial charge in [-0.3, -0.25) is 4.68 Å². The zero-order valence-corrected chi connectivity index (χ0v) is 22.3. The van der Waals surface area contributed by atoms with E-state index in [1.54, 1.807) is 11.8 Å². The van der Waals surface area contributed by atoms with Gasteiger partial charge in [0.25, 0.3) is 0 Å². The Bertz CT molecular complexity index is 1290. The van der Waals surface area contributed by atoms with Gasteiger partial charge in [0.05, 0.1) is 17.1 Å². The summed E-state index contributed by atoms with van der Waals surface area (Å²) in [5.74, 6) is 2.42. The molecule has 35 heavy (non-hydrogen) atoms. The van der Waals surface area contributed by atoms with Gasteiger partial charge in [-0.2, -0.15) is 5.10 Å². The molecule has 0 N–H and O–H groups in total. The molecule has 0 radical (unpaired) electrons. The minimum absolute atomic E-state index is 0. The summed E-state index contributed by atoms with van der Waals surface area (Å²) in [6.07, 6.45) is 4.77. The Morgan fingerprint density at radius 2 is 1.83 bits per heavy atom. The van der Waals surface area contributed by atoms with E-state index in [4.69, 9.17) is 4.42 Å². The highest BCUT2D eigenvalue weighted by molar-refractivity contribution is 7.99. The molecule has 186 valence electrons. The van der Waals surface area contributed by atoms with Gasteiger partial charge < -0.3 is 13.9 Å². The molecular formula is C25H32ClN7OS. The van der Waals surface area contributed by atoms with Crippen LogP contribution in [0.5, 0.6) is 0 Å². The third kappa shape index (κ3) is 5.47. The Hall–Kier alpha value is -2.62. The molecule has 1 aliphatic heterocycles. The molecule has 4 heterocycles. The molecule has 8 nitrogen and oxygen atoms in total. The van der Waals surface area contributed by atoms with E-state index >= 15 is 0 Å². The zero-order valence-electron chi connectivity index (χ0n) is 20.7. The number of hydrogen-bond acceptors (Lipinski definition) is 7. The van der Waals surface area contributed by atoms with Crippen LogP contribution in [0.25, 0.3) is 22.8 Å². The quantitative estimate of drug-likeness (QED) is 0.266. The number of fused-ring (bicyclic) bond motifs is 1. The highest BCUT2D eigenvalue weighted by Gasteiger charge is 2.18. The fourth-order valence-corrected chi connectivity index (χ4v) is 5.48. The number of nitrogens with zero attached hydrogens (tertiary/aromatic N) is 7. The maximum absolute atomic E-state index is 5.47. The highest BCUT2D eigenvalue weighted by Crippen LogP contribution is 2.27. The molecule has 1 aromatic carbocycles. The van der Waals surface area contributed by atoms with Crippen molar-refractivity contribution in [2.24, 2.45) is 14.1 Å². The van der Waals surface area contributed by atoms with Crippen LogP contribution >= 0.6 is 24.2 Å². The van der Waals surface area contributed by atoms with Crippen molar-refractivity contribution in [1.82, 2.24) is 34.4 Å². The van der Waals surface area contributed by atoms with E-state index in [1.165, 1.54) is 28.8 Å². The fraction of sp³-hybridized carbons (Fsp3) is 0.440. The average molecular weight is 514 g/mol. The first-order valence-electron chi connectivity index (χ1n) is 11.8. The lowest BCUT2D eigenvalue weighted by Gasteiger charge is -2.19. The lowest BCUT2D eigenvalue weighted by atomic mass is 9.99. The van der Waals surface area contributed by atoms with Crippen molar-refractivity contribution in [3.63, 3.8) is 0 Å². The van der Waals surface area contributed by atoms with Crippen molar-refractivity contribution in [1.29, 1.82) is 0 Å². The summed E-state index contributed by atoms with van der Waals surface area (Å²) in [6, 6.07) is 9.09. The van der Waals surface area contributed by atoms with Crippen molar-refractivity contribution in [2.75, 3.05) is 25.4 Å². The normalized spacial score (nSPS) is 13.9. The third-order valence-electron chi connectivity index (χ3n) is 6.53. The summed E-state index contributed by atoms with van der Waals surface area (Å²) >= 11 is 1.75. The van der Waals surface area contributed by atoms with Crippen LogP contribution < -0.4 is 0 Å². The second kappa shape index (κ2) is 11.0. The number of thioether (sulfide) groups is 1. The molecule has 3 aromatic heterocycles. The van der Waals surface area contributed by atoms with E-state index < -0.39 is 0 Å². The van der Waals surface area contributed by atoms with E-state index in [1.807, 2.05) is 37.2 Å². The molecule has 0 bridgehead atoms. The Morgan fingerprint density at radius 1 is 1.03 bits per heavy atom. The van der Waals surface area contributed by atoms with Crippen molar-refractivity contribution < 1.29 is 4.42 Å². The van der Waals surface area contributed by atoms with Gasteiger partial charge in [-0.1, -0.05) is 23.9 Å². The predicted molar refractivity (Wildman–Crippen MR) is 141 cm³/mol. The van der Waals surface area contributed by atoms with Gasteiger partial charge in [-0.15, -0.1) is 22.6 Å². The minimum Gasteiger partial charge on any atom is -0.440 e. The summed E-state index contributed by atoms with van der Waals surface area (Å²) in [4.78, 5) is 6.75. The summed E-state index contributed by atoms with van der Waals surface area (Å²) in [6.45, 7) is 7.27. The number of benzene rings is 1. The molecule has 0 unspecified atom stereocenters. The Kier molecular flexibility index (Phi) is 7.98. The van der Waals surface area contributed by atoms with Crippen LogP contribution in [0.15, 0.2) is 40.2 Å². The van der Waals surface area contributed by atoms with E-state index in [9.17, 15) is 0 Å². The first kappa shape index (κ1) is 25.5. The maximum atomic E-state index is 5.47. The van der Waals surface area contributed by atoms with Crippen molar-refractivity contribution >= 4 is 24.2 Å². The molecule has 1 aliphatic rings. The van der Waals surface area contributed by atoms with Crippen LogP contribution in [0.4, 0.5) is 0 Å². The van der Waals surface area contributed by atoms with Crippen molar-refractivity contribution in [2.45, 2.75) is 38.3 Å². The van der Waals surface area contributed by atoms with Gasteiger partial charge in [-0.25, -0.2) is 4.98 Å². The van der Waals surface area contributed by atoms with Gasteiger partial charge in [0.1, 0.15) is 0 Å². The van der Waals surface area contributed by atoms with Gasteiger partial charge in [0, 0.05) is 38.5 Å². The molecular weight excluding hydrogens is 482 g/mol. The fourth-order valence-electron chi connectivity index (χ4n) is 4.64. The Labute approximate surface area is 216 Å². The SMILES string of the molecule is Cc1cc(-c2ccc3c(c2)CCN(CCCSc2nnc(-c4ocnc4C)n2C)CC3)n(C)n1.Cl. The second-order valence-electron chi connectivity index (χ2n) is 8.95. The van der Waals surface area contributed by atoms with Crippen LogP contribution in [0.3, 0.4) is 0 Å². The van der Waals surface area contributed by atoms with Crippen molar-refractivity contribution in [3.05, 3.63) is 53.2 Å². The number of hydrogen-bond donors (Lipinski definition) is 0. The first-order valence-corrected chi connectivity index (χ1v) is 12.8. The van der Waals surface area contributed by atoms with Crippen LogP contribution in [0.1, 0.15) is 28.9 Å². The maximum Gasteiger partial charge on any atom is 0.202 e. The smallest absolute Gasteiger partial charge is 0.202 e. The van der Waals surface area contributed by atoms with Gasteiger partial charge in [0.2, 0.25) is 5.82 Å². The van der Waals surface area contributed by atoms with E-state index in [0.717, 1.165) is 67.0 Å². The molecule has 10 heteroatoms. The molecule has 0 spiro atoms. The zero-order chi connectivity index (χ0) is 23.7. The second-order valence-corrected chi connectivity index (χ2v) is 10.0. The summed E-state index contributed by atoms with van der Waals surface area (Å²) in [7, 11) is 4.00. The highest BCUT2D eigenvalue weighted by atomic mass is 35.5. The third-order valence-corrected chi connectivity index (χ3v) is 7.64. The predicted octanol–water partition coefficient (Wildman–Crippen LogP) is 4.49. The molecule has 4 aromatic rings. The average Bonchev–Trinajstić information content (AvgIpc) is 3.46. The summed E-state index contributed by atoms with van der Waals surface area (Å²) in [5, 5.41) is 14.1. The number of oxazole rings is 1. The number of aromatic nitrogens is 6. The number of aryl methyl sites for hydroxylation is 3. The van der Waals surface area contributed by atoms with Crippen LogP contribution in [-0.2, 0) is 26.9 Å². The van der Waals surface area contributed by atoms with Crippen LogP contribution in [-0.4, -0.2) is 59.8 Å². The molecule has 0 saturated heterocycles. The molecule has 0 aliphatic carbocycles. The van der Waals surface area contributed by atoms with Crippen molar-refractivity contribution in [3.8, 4) is 22.8 Å². The summed E-state index contributed by atoms with van der Waals surface area (Å²) < 4.78 is 9.44. The van der Waals surface area contributed by atoms with Crippen LogP contribution in [0, 0.1) is 13.8 Å². The molecule has 0 fully saturated rings. The van der Waals surface area contributed by atoms with Gasteiger partial charge >= 0.3 is 0 Å². The molecule has 5 rings (SSSR count). The first-order chi connectivity index (χ1) is 16.5. The Balaban J connectivity index is 0.00000289. The topological polar surface area (TPSA) is 77.8 Å². The largest absolute Gasteiger partial charge is 0.440 e. The number of halogens is 1. The van der Waals surface area contributed by atoms with Crippen LogP contribution in [0.2, 0.25) is 0 Å². The Morgan fingerprint density at radius 3 is 2.54 bits per heavy atom. The van der Waals surface area contributed by atoms with E-state index in [-0.39, 0.29) is 12.4 Å². The monoisotopic (exact) mass is 513 g/mol. The van der Waals surface area contributed by atoms with Gasteiger partial charge in [-0.05, 0) is 62.9 Å². The lowest BCUT2D eigenvalue weighted by Crippen LogP contribution is -2.27. The summed E-state index contributed by atoms with van der Waals surface area (Å²) in [5.41, 5.74) is 7.29. The van der Waals surface area contributed by atoms with Gasteiger partial charge in [0.15, 0.2) is 17.3 Å². The van der Waals surface area contributed by atoms with E-state index in [0.29, 0.717) is 5.76 Å².